The van der Waals surface area contributed by atoms with E-state index in [0.717, 1.165) is 18.5 Å². The number of hydrogen-bond acceptors (Lipinski definition) is 4. The maximum absolute atomic E-state index is 6.16. The normalized spacial score (nSPS) is 29.8. The molecule has 1 aliphatic heterocycles. The van der Waals surface area contributed by atoms with Gasteiger partial charge in [0.05, 0.1) is 18.2 Å². The van der Waals surface area contributed by atoms with E-state index < -0.39 is 0 Å². The zero-order valence-electron chi connectivity index (χ0n) is 11.7. The molecule has 2 N–H and O–H groups in total. The van der Waals surface area contributed by atoms with Gasteiger partial charge in [-0.05, 0) is 31.0 Å². The lowest BCUT2D eigenvalue weighted by Crippen LogP contribution is -2.61. The summed E-state index contributed by atoms with van der Waals surface area (Å²) in [6.45, 7) is 0.698. The summed E-state index contributed by atoms with van der Waals surface area (Å²) in [4.78, 5) is 6.63. The third kappa shape index (κ3) is 2.07. The molecule has 0 bridgehead atoms. The SMILES string of the molecule is COC1CCCCC12CN=C(N)N2c1cccc(Cl)c1. The van der Waals surface area contributed by atoms with E-state index >= 15 is 0 Å². The Morgan fingerprint density at radius 2 is 2.30 bits per heavy atom. The first kappa shape index (κ1) is 13.7. The summed E-state index contributed by atoms with van der Waals surface area (Å²) in [6.07, 6.45) is 4.63. The predicted octanol–water partition coefficient (Wildman–Crippen LogP) is 2.80. The molecule has 1 aliphatic carbocycles. The summed E-state index contributed by atoms with van der Waals surface area (Å²) in [5, 5.41) is 0.710. The summed E-state index contributed by atoms with van der Waals surface area (Å²) in [6, 6.07) is 7.79. The number of ether oxygens (including phenoxy) is 1. The minimum Gasteiger partial charge on any atom is -0.379 e. The fourth-order valence-electron chi connectivity index (χ4n) is 3.56. The van der Waals surface area contributed by atoms with Crippen molar-refractivity contribution >= 4 is 23.2 Å². The van der Waals surface area contributed by atoms with Crippen molar-refractivity contribution in [3.05, 3.63) is 29.3 Å². The van der Waals surface area contributed by atoms with Gasteiger partial charge in [-0.2, -0.15) is 0 Å². The molecule has 1 aromatic rings. The number of aliphatic imine (C=N–C) groups is 1. The van der Waals surface area contributed by atoms with Crippen LogP contribution in [0.4, 0.5) is 5.69 Å². The van der Waals surface area contributed by atoms with E-state index in [-0.39, 0.29) is 11.6 Å². The predicted molar refractivity (Wildman–Crippen MR) is 82.4 cm³/mol. The molecule has 0 saturated heterocycles. The lowest BCUT2D eigenvalue weighted by molar-refractivity contribution is 0.0144. The largest absolute Gasteiger partial charge is 0.379 e. The van der Waals surface area contributed by atoms with Crippen LogP contribution in [0.1, 0.15) is 25.7 Å². The van der Waals surface area contributed by atoms with Gasteiger partial charge in [0, 0.05) is 17.8 Å². The number of halogens is 1. The van der Waals surface area contributed by atoms with Crippen LogP contribution in [-0.4, -0.2) is 31.3 Å². The lowest BCUT2D eigenvalue weighted by atomic mass is 9.78. The van der Waals surface area contributed by atoms with E-state index in [0.29, 0.717) is 17.5 Å². The second-order valence-electron chi connectivity index (χ2n) is 5.56. The van der Waals surface area contributed by atoms with Crippen molar-refractivity contribution in [3.63, 3.8) is 0 Å². The standard InChI is InChI=1S/C15H20ClN3O/c1-20-13-7-2-3-8-15(13)10-18-14(17)19(15)12-6-4-5-11(16)9-12/h4-6,9,13H,2-3,7-8,10H2,1H3,(H2,17,18). The number of anilines is 1. The van der Waals surface area contributed by atoms with Gasteiger partial charge in [0.1, 0.15) is 0 Å². The average Bonchev–Trinajstić information content (AvgIpc) is 2.77. The molecule has 108 valence electrons. The van der Waals surface area contributed by atoms with Gasteiger partial charge in [0.15, 0.2) is 5.96 Å². The second kappa shape index (κ2) is 5.26. The molecule has 1 saturated carbocycles. The van der Waals surface area contributed by atoms with Crippen LogP contribution < -0.4 is 10.6 Å². The minimum atomic E-state index is -0.151. The topological polar surface area (TPSA) is 50.9 Å². The van der Waals surface area contributed by atoms with Crippen molar-refractivity contribution in [2.24, 2.45) is 10.7 Å². The van der Waals surface area contributed by atoms with E-state index in [1.807, 2.05) is 24.3 Å². The summed E-state index contributed by atoms with van der Waals surface area (Å²) in [5.41, 5.74) is 7.01. The van der Waals surface area contributed by atoms with Gasteiger partial charge in [-0.1, -0.05) is 30.5 Å². The molecule has 2 unspecified atom stereocenters. The third-order valence-electron chi connectivity index (χ3n) is 4.47. The monoisotopic (exact) mass is 293 g/mol. The summed E-state index contributed by atoms with van der Waals surface area (Å²) >= 11 is 6.13. The number of hydrogen-bond donors (Lipinski definition) is 1. The Balaban J connectivity index is 2.03. The Morgan fingerprint density at radius 3 is 3.05 bits per heavy atom. The molecule has 3 rings (SSSR count). The van der Waals surface area contributed by atoms with Crippen molar-refractivity contribution in [3.8, 4) is 0 Å². The maximum atomic E-state index is 6.16. The van der Waals surface area contributed by atoms with Crippen LogP contribution in [0.5, 0.6) is 0 Å². The Hall–Kier alpha value is -1.26. The van der Waals surface area contributed by atoms with Crippen LogP contribution in [0.15, 0.2) is 29.3 Å². The second-order valence-corrected chi connectivity index (χ2v) is 6.00. The van der Waals surface area contributed by atoms with E-state index in [4.69, 9.17) is 22.1 Å². The molecule has 5 heteroatoms. The van der Waals surface area contributed by atoms with Crippen LogP contribution in [0.3, 0.4) is 0 Å². The molecule has 1 aromatic carbocycles. The van der Waals surface area contributed by atoms with Crippen molar-refractivity contribution < 1.29 is 4.74 Å². The van der Waals surface area contributed by atoms with E-state index in [1.165, 1.54) is 12.8 Å². The summed E-state index contributed by atoms with van der Waals surface area (Å²) in [5.74, 6) is 0.566. The van der Waals surface area contributed by atoms with Gasteiger partial charge in [0.25, 0.3) is 0 Å². The molecule has 2 atom stereocenters. The molecule has 0 radical (unpaired) electrons. The van der Waals surface area contributed by atoms with Crippen molar-refractivity contribution in [2.75, 3.05) is 18.6 Å². The molecule has 1 heterocycles. The zero-order chi connectivity index (χ0) is 14.2. The number of guanidine groups is 1. The van der Waals surface area contributed by atoms with Crippen molar-refractivity contribution in [2.45, 2.75) is 37.3 Å². The van der Waals surface area contributed by atoms with Gasteiger partial charge in [-0.15, -0.1) is 0 Å². The van der Waals surface area contributed by atoms with Gasteiger partial charge in [-0.3, -0.25) is 4.99 Å². The zero-order valence-corrected chi connectivity index (χ0v) is 12.4. The highest BCUT2D eigenvalue weighted by Crippen LogP contribution is 2.41. The summed E-state index contributed by atoms with van der Waals surface area (Å²) in [7, 11) is 1.78. The first-order valence-electron chi connectivity index (χ1n) is 7.06. The van der Waals surface area contributed by atoms with Crippen LogP contribution >= 0.6 is 11.6 Å². The van der Waals surface area contributed by atoms with Crippen molar-refractivity contribution in [1.82, 2.24) is 0 Å². The quantitative estimate of drug-likeness (QED) is 0.912. The van der Waals surface area contributed by atoms with E-state index in [9.17, 15) is 0 Å². The Kier molecular flexibility index (Phi) is 3.61. The number of methoxy groups -OCH3 is 1. The molecule has 0 aromatic heterocycles. The summed E-state index contributed by atoms with van der Waals surface area (Å²) < 4.78 is 5.76. The Bertz CT molecular complexity index is 534. The third-order valence-corrected chi connectivity index (χ3v) is 4.70. The lowest BCUT2D eigenvalue weighted by Gasteiger charge is -2.46. The Morgan fingerprint density at radius 1 is 1.45 bits per heavy atom. The van der Waals surface area contributed by atoms with Crippen LogP contribution in [0.25, 0.3) is 0 Å². The number of benzene rings is 1. The van der Waals surface area contributed by atoms with E-state index in [2.05, 4.69) is 9.89 Å². The highest BCUT2D eigenvalue weighted by Gasteiger charge is 2.50. The molecule has 1 fully saturated rings. The number of nitrogens with zero attached hydrogens (tertiary/aromatic N) is 2. The van der Waals surface area contributed by atoms with Crippen molar-refractivity contribution in [1.29, 1.82) is 0 Å². The molecule has 0 amide bonds. The molecule has 2 aliphatic rings. The number of rotatable bonds is 2. The first-order valence-corrected chi connectivity index (χ1v) is 7.44. The van der Waals surface area contributed by atoms with E-state index in [1.54, 1.807) is 7.11 Å². The van der Waals surface area contributed by atoms with Gasteiger partial charge in [0.2, 0.25) is 0 Å². The fraction of sp³-hybridized carbons (Fsp3) is 0.533. The molecular weight excluding hydrogens is 274 g/mol. The van der Waals surface area contributed by atoms with Gasteiger partial charge < -0.3 is 15.4 Å². The van der Waals surface area contributed by atoms with Gasteiger partial charge >= 0.3 is 0 Å². The highest BCUT2D eigenvalue weighted by atomic mass is 35.5. The molecule has 4 nitrogen and oxygen atoms in total. The molecule has 20 heavy (non-hydrogen) atoms. The molecule has 1 spiro atoms. The van der Waals surface area contributed by atoms with Crippen LogP contribution in [0, 0.1) is 0 Å². The maximum Gasteiger partial charge on any atom is 0.196 e. The fourth-order valence-corrected chi connectivity index (χ4v) is 3.74. The number of nitrogens with two attached hydrogens (primary N) is 1. The molecular formula is C15H20ClN3O. The van der Waals surface area contributed by atoms with Crippen LogP contribution in [0.2, 0.25) is 5.02 Å². The Labute approximate surface area is 124 Å². The first-order chi connectivity index (χ1) is 9.67. The highest BCUT2D eigenvalue weighted by molar-refractivity contribution is 6.31. The average molecular weight is 294 g/mol. The minimum absolute atomic E-state index is 0.151. The van der Waals surface area contributed by atoms with Gasteiger partial charge in [-0.25, -0.2) is 0 Å². The smallest absolute Gasteiger partial charge is 0.196 e. The van der Waals surface area contributed by atoms with Crippen LogP contribution in [-0.2, 0) is 4.74 Å².